The van der Waals surface area contributed by atoms with Gasteiger partial charge in [-0.2, -0.15) is 0 Å². The monoisotopic (exact) mass is 474 g/mol. The minimum Gasteiger partial charge on any atom is -0.504 e. The second-order valence-corrected chi connectivity index (χ2v) is 9.00. The van der Waals surface area contributed by atoms with Gasteiger partial charge in [0.25, 0.3) is 5.91 Å². The first-order valence-corrected chi connectivity index (χ1v) is 11.3. The third-order valence-corrected chi connectivity index (χ3v) is 6.69. The minimum absolute atomic E-state index is 0. The molecular weight excluding hydrogens is 443 g/mol. The number of piperidine rings is 1. The zero-order chi connectivity index (χ0) is 22.9. The lowest BCUT2D eigenvalue weighted by Crippen LogP contribution is -2.56. The Morgan fingerprint density at radius 1 is 1.27 bits per heavy atom. The van der Waals surface area contributed by atoms with Gasteiger partial charge in [-0.25, -0.2) is 4.39 Å². The molecular formula is C26H32ClFN2O3. The van der Waals surface area contributed by atoms with Gasteiger partial charge in [0.15, 0.2) is 11.5 Å². The Kier molecular flexibility index (Phi) is 7.70. The summed E-state index contributed by atoms with van der Waals surface area (Å²) in [6, 6.07) is 12.0. The van der Waals surface area contributed by atoms with Gasteiger partial charge in [-0.3, -0.25) is 14.6 Å². The van der Waals surface area contributed by atoms with Gasteiger partial charge >= 0.3 is 0 Å². The van der Waals surface area contributed by atoms with Crippen molar-refractivity contribution in [3.05, 3.63) is 66.0 Å². The van der Waals surface area contributed by atoms with E-state index in [1.54, 1.807) is 29.2 Å². The summed E-state index contributed by atoms with van der Waals surface area (Å²) < 4.78 is 19.7. The smallest absolute Gasteiger partial charge is 0.251 e. The Morgan fingerprint density at radius 3 is 2.76 bits per heavy atom. The van der Waals surface area contributed by atoms with Crippen molar-refractivity contribution in [3.8, 4) is 11.5 Å². The molecule has 3 atom stereocenters. The Hall–Kier alpha value is -2.57. The molecule has 7 heteroatoms. The Bertz CT molecular complexity index is 1030. The van der Waals surface area contributed by atoms with Crippen molar-refractivity contribution in [1.82, 2.24) is 4.90 Å². The van der Waals surface area contributed by atoms with Crippen molar-refractivity contribution in [2.24, 2.45) is 0 Å². The van der Waals surface area contributed by atoms with Crippen LogP contribution in [0.1, 0.15) is 45.6 Å². The van der Waals surface area contributed by atoms with E-state index in [0.29, 0.717) is 11.4 Å². The molecule has 0 bridgehead atoms. The van der Waals surface area contributed by atoms with Crippen LogP contribution in [0.15, 0.2) is 54.6 Å². The number of hydrogen-bond acceptors (Lipinski definition) is 4. The molecule has 2 aromatic rings. The van der Waals surface area contributed by atoms with Crippen LogP contribution < -0.4 is 9.64 Å². The van der Waals surface area contributed by atoms with Gasteiger partial charge in [0.1, 0.15) is 5.82 Å². The number of hydrogen-bond donors (Lipinski definition) is 1. The number of carbonyl (C=O) groups excluding carboxylic acids is 1. The zero-order valence-corrected chi connectivity index (χ0v) is 20.1. The third kappa shape index (κ3) is 5.17. The van der Waals surface area contributed by atoms with Crippen LogP contribution in [0.2, 0.25) is 0 Å². The summed E-state index contributed by atoms with van der Waals surface area (Å²) in [6.45, 7) is 7.72. The molecule has 1 fully saturated rings. The van der Waals surface area contributed by atoms with Gasteiger partial charge in [0.05, 0.1) is 11.6 Å². The fourth-order valence-corrected chi connectivity index (χ4v) is 4.77. The summed E-state index contributed by atoms with van der Waals surface area (Å²) in [5.74, 6) is 0.229. The van der Waals surface area contributed by atoms with E-state index in [2.05, 4.69) is 11.8 Å². The first-order chi connectivity index (χ1) is 15.3. The first kappa shape index (κ1) is 25.1. The van der Waals surface area contributed by atoms with Crippen molar-refractivity contribution >= 4 is 24.0 Å². The zero-order valence-electron chi connectivity index (χ0n) is 19.3. The fraction of sp³-hybridized carbons (Fsp3) is 0.423. The van der Waals surface area contributed by atoms with Gasteiger partial charge in [-0.15, -0.1) is 12.4 Å². The summed E-state index contributed by atoms with van der Waals surface area (Å²) in [5, 5.41) is 10.1. The molecule has 2 aliphatic heterocycles. The van der Waals surface area contributed by atoms with Crippen molar-refractivity contribution in [1.29, 1.82) is 0 Å². The molecule has 1 amide bonds. The molecule has 178 valence electrons. The number of aromatic hydroxyl groups is 1. The lowest BCUT2D eigenvalue weighted by atomic mass is 9.82. The molecule has 2 aromatic carbocycles. The fourth-order valence-electron chi connectivity index (χ4n) is 4.77. The van der Waals surface area contributed by atoms with Crippen LogP contribution in [-0.2, 0) is 11.3 Å². The summed E-state index contributed by atoms with van der Waals surface area (Å²) >= 11 is 0. The average molecular weight is 475 g/mol. The summed E-state index contributed by atoms with van der Waals surface area (Å²) in [5.41, 5.74) is 1.25. The number of likely N-dealkylation sites (tertiary alicyclic amines) is 1. The van der Waals surface area contributed by atoms with Crippen LogP contribution in [0.5, 0.6) is 11.5 Å². The number of carbonyl (C=O) groups is 1. The van der Waals surface area contributed by atoms with Gasteiger partial charge in [-0.05, 0) is 69.0 Å². The third-order valence-electron chi connectivity index (χ3n) is 6.69. The highest BCUT2D eigenvalue weighted by molar-refractivity contribution is 6.06. The van der Waals surface area contributed by atoms with Crippen molar-refractivity contribution in [3.63, 3.8) is 0 Å². The van der Waals surface area contributed by atoms with Crippen molar-refractivity contribution < 1.29 is 19.0 Å². The Morgan fingerprint density at radius 2 is 2.06 bits per heavy atom. The molecule has 1 spiro atoms. The van der Waals surface area contributed by atoms with Crippen LogP contribution in [0, 0.1) is 5.82 Å². The van der Waals surface area contributed by atoms with E-state index >= 15 is 0 Å². The number of nitrogens with zero attached hydrogens (tertiary/aromatic N) is 2. The standard InChI is InChI=1S/C26H31FN2O3.ClH/c1-4-19(3)32-24-14-20(8-9-23(24)30)17-28-13-12-26(16-18(28)2)11-10-25(31)29(26)22-7-5-6-21(27)15-22;/h5-11,14-15,18-19,30H,4,12-13,16-17H2,1-3H3;1H/t18-,19+,26+;/m0./s1. The molecule has 33 heavy (non-hydrogen) atoms. The SMILES string of the molecule is CC[C@@H](C)Oc1cc(CN2CC[C@]3(C=CC(=O)N3c3cccc(F)c3)C[C@@H]2C)ccc1O.Cl. The first-order valence-electron chi connectivity index (χ1n) is 11.3. The van der Waals surface area contributed by atoms with E-state index < -0.39 is 5.54 Å². The molecule has 4 rings (SSSR count). The Labute approximate surface area is 201 Å². The van der Waals surface area contributed by atoms with E-state index in [0.717, 1.165) is 37.9 Å². The second-order valence-electron chi connectivity index (χ2n) is 9.00. The number of amides is 1. The minimum atomic E-state index is -0.430. The molecule has 5 nitrogen and oxygen atoms in total. The quantitative estimate of drug-likeness (QED) is 0.604. The molecule has 1 N–H and O–H groups in total. The molecule has 2 heterocycles. The van der Waals surface area contributed by atoms with Gasteiger partial charge in [0.2, 0.25) is 0 Å². The van der Waals surface area contributed by atoms with Gasteiger partial charge in [-0.1, -0.05) is 25.1 Å². The molecule has 0 saturated carbocycles. The molecule has 0 aromatic heterocycles. The van der Waals surface area contributed by atoms with Crippen LogP contribution in [-0.4, -0.2) is 40.1 Å². The molecule has 0 unspecified atom stereocenters. The second kappa shape index (κ2) is 10.1. The lowest BCUT2D eigenvalue weighted by Gasteiger charge is -2.47. The Balaban J connectivity index is 0.00000306. The van der Waals surface area contributed by atoms with Crippen molar-refractivity contribution in [2.75, 3.05) is 11.4 Å². The van der Waals surface area contributed by atoms with E-state index in [1.807, 2.05) is 32.1 Å². The topological polar surface area (TPSA) is 53.0 Å². The highest BCUT2D eigenvalue weighted by Gasteiger charge is 2.46. The van der Waals surface area contributed by atoms with E-state index in [4.69, 9.17) is 4.74 Å². The molecule has 0 radical (unpaired) electrons. The van der Waals surface area contributed by atoms with Crippen LogP contribution >= 0.6 is 12.4 Å². The number of phenols is 1. The maximum atomic E-state index is 13.9. The number of halogens is 2. The van der Waals surface area contributed by atoms with Gasteiger partial charge < -0.3 is 9.84 Å². The van der Waals surface area contributed by atoms with E-state index in [9.17, 15) is 14.3 Å². The number of ether oxygens (including phenoxy) is 1. The van der Waals surface area contributed by atoms with Crippen LogP contribution in [0.4, 0.5) is 10.1 Å². The number of anilines is 1. The number of rotatable bonds is 6. The number of phenolic OH excluding ortho intramolecular Hbond substituents is 1. The maximum Gasteiger partial charge on any atom is 0.251 e. The van der Waals surface area contributed by atoms with Crippen LogP contribution in [0.3, 0.4) is 0 Å². The maximum absolute atomic E-state index is 13.9. The highest BCUT2D eigenvalue weighted by atomic mass is 35.5. The predicted octanol–water partition coefficient (Wildman–Crippen LogP) is 5.46. The molecule has 1 saturated heterocycles. The molecule has 2 aliphatic rings. The highest BCUT2D eigenvalue weighted by Crippen LogP contribution is 2.41. The van der Waals surface area contributed by atoms with Crippen molar-refractivity contribution in [2.45, 2.75) is 64.3 Å². The van der Waals surface area contributed by atoms with E-state index in [-0.39, 0.29) is 42.0 Å². The van der Waals surface area contributed by atoms with Crippen LogP contribution in [0.25, 0.3) is 0 Å². The number of benzene rings is 2. The summed E-state index contributed by atoms with van der Waals surface area (Å²) in [4.78, 5) is 16.8. The average Bonchev–Trinajstić information content (AvgIpc) is 3.07. The van der Waals surface area contributed by atoms with E-state index in [1.165, 1.54) is 12.1 Å². The lowest BCUT2D eigenvalue weighted by molar-refractivity contribution is -0.114. The normalized spacial score (nSPS) is 23.6. The summed E-state index contributed by atoms with van der Waals surface area (Å²) in [7, 11) is 0. The van der Waals surface area contributed by atoms with Gasteiger partial charge in [0, 0.05) is 30.9 Å². The summed E-state index contributed by atoms with van der Waals surface area (Å²) in [6.07, 6.45) is 6.04. The predicted molar refractivity (Wildman–Crippen MR) is 131 cm³/mol. The largest absolute Gasteiger partial charge is 0.504 e. The molecule has 0 aliphatic carbocycles.